The number of thioether (sulfide) groups is 1. The number of aromatic nitrogens is 2. The smallest absolute Gasteiger partial charge is 0.233 e. The van der Waals surface area contributed by atoms with Gasteiger partial charge < -0.3 is 19.4 Å². The van der Waals surface area contributed by atoms with Crippen LogP contribution in [0, 0.1) is 0 Å². The maximum Gasteiger partial charge on any atom is 0.233 e. The van der Waals surface area contributed by atoms with Gasteiger partial charge in [-0.25, -0.2) is 4.98 Å². The molecule has 138 valence electrons. The SMILES string of the molecule is C=CCNC(=O)C(C)Sc1ncc(-c2ccc3c(c2)OCCO3)n1CC. The Kier molecular flexibility index (Phi) is 5.88. The zero-order valence-electron chi connectivity index (χ0n) is 15.0. The van der Waals surface area contributed by atoms with Crippen molar-refractivity contribution in [1.29, 1.82) is 0 Å². The number of amides is 1. The van der Waals surface area contributed by atoms with Crippen LogP contribution in [0.3, 0.4) is 0 Å². The first-order valence-corrected chi connectivity index (χ1v) is 9.52. The van der Waals surface area contributed by atoms with Crippen LogP contribution < -0.4 is 14.8 Å². The van der Waals surface area contributed by atoms with E-state index >= 15 is 0 Å². The molecular weight excluding hydrogens is 350 g/mol. The molecule has 7 heteroatoms. The zero-order chi connectivity index (χ0) is 18.5. The lowest BCUT2D eigenvalue weighted by atomic mass is 10.1. The summed E-state index contributed by atoms with van der Waals surface area (Å²) in [5.74, 6) is 1.50. The molecule has 1 amide bonds. The number of ether oxygens (including phenoxy) is 2. The third kappa shape index (κ3) is 3.88. The minimum atomic E-state index is -0.240. The van der Waals surface area contributed by atoms with Crippen LogP contribution in [0.15, 0.2) is 42.2 Å². The van der Waals surface area contributed by atoms with Gasteiger partial charge >= 0.3 is 0 Å². The number of nitrogens with one attached hydrogen (secondary N) is 1. The highest BCUT2D eigenvalue weighted by atomic mass is 32.2. The molecule has 1 N–H and O–H groups in total. The van der Waals surface area contributed by atoms with E-state index in [2.05, 4.69) is 28.4 Å². The first-order valence-electron chi connectivity index (χ1n) is 8.64. The summed E-state index contributed by atoms with van der Waals surface area (Å²) in [6, 6.07) is 5.91. The van der Waals surface area contributed by atoms with Crippen LogP contribution in [0.4, 0.5) is 0 Å². The molecular formula is C19H23N3O3S. The molecule has 1 atom stereocenters. The van der Waals surface area contributed by atoms with E-state index in [9.17, 15) is 4.79 Å². The fraction of sp³-hybridized carbons (Fsp3) is 0.368. The normalized spacial score (nSPS) is 13.9. The van der Waals surface area contributed by atoms with Crippen molar-refractivity contribution in [3.05, 3.63) is 37.1 Å². The number of carbonyl (C=O) groups excluding carboxylic acids is 1. The summed E-state index contributed by atoms with van der Waals surface area (Å²) in [6.07, 6.45) is 3.51. The third-order valence-electron chi connectivity index (χ3n) is 4.05. The average molecular weight is 373 g/mol. The van der Waals surface area contributed by atoms with Crippen molar-refractivity contribution >= 4 is 17.7 Å². The van der Waals surface area contributed by atoms with Crippen LogP contribution in [-0.2, 0) is 11.3 Å². The minimum absolute atomic E-state index is 0.0265. The number of nitrogens with zero attached hydrogens (tertiary/aromatic N) is 2. The molecule has 0 fully saturated rings. The summed E-state index contributed by atoms with van der Waals surface area (Å²) in [5.41, 5.74) is 2.00. The summed E-state index contributed by atoms with van der Waals surface area (Å²) in [6.45, 7) is 9.91. The number of benzene rings is 1. The van der Waals surface area contributed by atoms with E-state index in [4.69, 9.17) is 9.47 Å². The summed E-state index contributed by atoms with van der Waals surface area (Å²) in [7, 11) is 0. The van der Waals surface area contributed by atoms with Crippen LogP contribution in [0.25, 0.3) is 11.3 Å². The Bertz CT molecular complexity index is 803. The van der Waals surface area contributed by atoms with Gasteiger partial charge in [-0.2, -0.15) is 0 Å². The standard InChI is InChI=1S/C19H23N3O3S/c1-4-8-20-18(23)13(3)26-19-21-12-15(22(19)5-2)14-6-7-16-17(11-14)25-10-9-24-16/h4,6-7,11-13H,1,5,8-10H2,2-3H3,(H,20,23). The van der Waals surface area contributed by atoms with Crippen LogP contribution in [0.1, 0.15) is 13.8 Å². The van der Waals surface area contributed by atoms with Crippen LogP contribution in [0.5, 0.6) is 11.5 Å². The lowest BCUT2D eigenvalue weighted by molar-refractivity contribution is -0.120. The molecule has 1 unspecified atom stereocenters. The maximum atomic E-state index is 12.1. The predicted molar refractivity (Wildman–Crippen MR) is 103 cm³/mol. The maximum absolute atomic E-state index is 12.1. The molecule has 0 radical (unpaired) electrons. The lowest BCUT2D eigenvalue weighted by Crippen LogP contribution is -2.31. The second-order valence-corrected chi connectivity index (χ2v) is 7.13. The Morgan fingerprint density at radius 3 is 2.92 bits per heavy atom. The van der Waals surface area contributed by atoms with E-state index in [0.29, 0.717) is 19.8 Å². The summed E-state index contributed by atoms with van der Waals surface area (Å²) in [5, 5.41) is 3.40. The van der Waals surface area contributed by atoms with E-state index in [1.54, 1.807) is 6.08 Å². The van der Waals surface area contributed by atoms with Crippen molar-refractivity contribution in [2.45, 2.75) is 30.8 Å². The first-order chi connectivity index (χ1) is 12.6. The predicted octanol–water partition coefficient (Wildman–Crippen LogP) is 3.12. The molecule has 3 rings (SSSR count). The van der Waals surface area contributed by atoms with Gasteiger partial charge in [0.25, 0.3) is 0 Å². The molecule has 0 saturated carbocycles. The lowest BCUT2D eigenvalue weighted by Gasteiger charge is -2.19. The van der Waals surface area contributed by atoms with E-state index in [-0.39, 0.29) is 11.2 Å². The number of fused-ring (bicyclic) bond motifs is 1. The van der Waals surface area contributed by atoms with Gasteiger partial charge in [0.1, 0.15) is 13.2 Å². The number of hydrogen-bond acceptors (Lipinski definition) is 5. The zero-order valence-corrected chi connectivity index (χ0v) is 15.8. The van der Waals surface area contributed by atoms with Gasteiger partial charge in [0.05, 0.1) is 17.1 Å². The quantitative estimate of drug-likeness (QED) is 0.597. The molecule has 0 aliphatic carbocycles. The number of imidazole rings is 1. The van der Waals surface area contributed by atoms with Crippen molar-refractivity contribution in [2.75, 3.05) is 19.8 Å². The molecule has 2 aromatic rings. The minimum Gasteiger partial charge on any atom is -0.486 e. The van der Waals surface area contributed by atoms with Gasteiger partial charge in [-0.1, -0.05) is 17.8 Å². The van der Waals surface area contributed by atoms with Crippen molar-refractivity contribution in [3.63, 3.8) is 0 Å². The summed E-state index contributed by atoms with van der Waals surface area (Å²) in [4.78, 5) is 16.6. The summed E-state index contributed by atoms with van der Waals surface area (Å²) >= 11 is 1.45. The molecule has 0 saturated heterocycles. The van der Waals surface area contributed by atoms with Crippen molar-refractivity contribution in [3.8, 4) is 22.8 Å². The topological polar surface area (TPSA) is 65.4 Å². The third-order valence-corrected chi connectivity index (χ3v) is 5.15. The van der Waals surface area contributed by atoms with Gasteiger partial charge in [0, 0.05) is 18.7 Å². The van der Waals surface area contributed by atoms with Crippen LogP contribution in [0.2, 0.25) is 0 Å². The molecule has 1 aromatic heterocycles. The fourth-order valence-electron chi connectivity index (χ4n) is 2.72. The highest BCUT2D eigenvalue weighted by molar-refractivity contribution is 8.00. The summed E-state index contributed by atoms with van der Waals surface area (Å²) < 4.78 is 13.4. The van der Waals surface area contributed by atoms with E-state index in [1.807, 2.05) is 31.3 Å². The van der Waals surface area contributed by atoms with E-state index in [0.717, 1.165) is 34.5 Å². The average Bonchev–Trinajstić information content (AvgIpc) is 3.08. The first kappa shape index (κ1) is 18.4. The Hall–Kier alpha value is -2.41. The van der Waals surface area contributed by atoms with Crippen LogP contribution in [-0.4, -0.2) is 40.5 Å². The highest BCUT2D eigenvalue weighted by Gasteiger charge is 2.20. The van der Waals surface area contributed by atoms with E-state index in [1.165, 1.54) is 11.8 Å². The van der Waals surface area contributed by atoms with Gasteiger partial charge in [-0.15, -0.1) is 6.58 Å². The fourth-order valence-corrected chi connectivity index (χ4v) is 3.69. The largest absolute Gasteiger partial charge is 0.486 e. The van der Waals surface area contributed by atoms with Gasteiger partial charge in [0.2, 0.25) is 5.91 Å². The molecule has 0 bridgehead atoms. The molecule has 0 spiro atoms. The molecule has 6 nitrogen and oxygen atoms in total. The number of carbonyl (C=O) groups is 1. The van der Waals surface area contributed by atoms with Gasteiger partial charge in [0.15, 0.2) is 16.7 Å². The number of rotatable bonds is 7. The second-order valence-electron chi connectivity index (χ2n) is 5.82. The van der Waals surface area contributed by atoms with Crippen molar-refractivity contribution in [2.24, 2.45) is 0 Å². The Balaban J connectivity index is 1.82. The number of hydrogen-bond donors (Lipinski definition) is 1. The monoisotopic (exact) mass is 373 g/mol. The Labute approximate surface area is 157 Å². The molecule has 1 aliphatic heterocycles. The van der Waals surface area contributed by atoms with Crippen molar-refractivity contribution in [1.82, 2.24) is 14.9 Å². The highest BCUT2D eigenvalue weighted by Crippen LogP contribution is 2.36. The van der Waals surface area contributed by atoms with Crippen molar-refractivity contribution < 1.29 is 14.3 Å². The molecule has 1 aromatic carbocycles. The molecule has 2 heterocycles. The molecule has 1 aliphatic rings. The van der Waals surface area contributed by atoms with Gasteiger partial charge in [-0.05, 0) is 32.0 Å². The Morgan fingerprint density at radius 1 is 1.42 bits per heavy atom. The van der Waals surface area contributed by atoms with Crippen LogP contribution >= 0.6 is 11.8 Å². The molecule has 26 heavy (non-hydrogen) atoms. The Morgan fingerprint density at radius 2 is 2.19 bits per heavy atom. The second kappa shape index (κ2) is 8.31. The van der Waals surface area contributed by atoms with E-state index < -0.39 is 0 Å². The van der Waals surface area contributed by atoms with Gasteiger partial charge in [-0.3, -0.25) is 4.79 Å².